The predicted octanol–water partition coefficient (Wildman–Crippen LogP) is 10.5. The number of rotatable bonds is 5. The summed E-state index contributed by atoms with van der Waals surface area (Å²) >= 11 is 0. The SMILES string of the molecule is O=[N+]([O-])c1cnccc1-c1cc2[nH]c3cnccc3c2c2cc(-c3ccc4c(-c5cccnc5[N+](=O)[O-])cc5oc6ccccc6c5c4c3)ccc12. The van der Waals surface area contributed by atoms with Crippen molar-refractivity contribution in [3.8, 4) is 33.4 Å². The summed E-state index contributed by atoms with van der Waals surface area (Å²) in [6, 6.07) is 30.9. The normalized spacial score (nSPS) is 11.8. The van der Waals surface area contributed by atoms with Crippen LogP contribution in [0.5, 0.6) is 0 Å². The highest BCUT2D eigenvalue weighted by Gasteiger charge is 2.23. The lowest BCUT2D eigenvalue weighted by Crippen LogP contribution is -1.95. The third-order valence-corrected chi connectivity index (χ3v) is 9.84. The number of H-pyrrole nitrogens is 1. The minimum Gasteiger partial charge on any atom is -0.456 e. The van der Waals surface area contributed by atoms with Crippen LogP contribution in [0.15, 0.2) is 132 Å². The first-order valence-electron chi connectivity index (χ1n) is 16.3. The van der Waals surface area contributed by atoms with Gasteiger partial charge in [-0.05, 0) is 103 Å². The lowest BCUT2D eigenvalue weighted by atomic mass is 9.90. The van der Waals surface area contributed by atoms with Gasteiger partial charge in [-0.3, -0.25) is 20.1 Å². The van der Waals surface area contributed by atoms with Crippen LogP contribution in [-0.2, 0) is 0 Å². The number of nitrogens with one attached hydrogen (secondary N) is 1. The Morgan fingerprint density at radius 3 is 2.06 bits per heavy atom. The fourth-order valence-electron chi connectivity index (χ4n) is 7.63. The van der Waals surface area contributed by atoms with Crippen LogP contribution in [0.1, 0.15) is 0 Å². The minimum atomic E-state index is -0.468. The number of pyridine rings is 3. The molecular weight excluding hydrogens is 656 g/mol. The summed E-state index contributed by atoms with van der Waals surface area (Å²) in [6.07, 6.45) is 7.78. The summed E-state index contributed by atoms with van der Waals surface area (Å²) in [4.78, 5) is 39.2. The molecule has 0 aliphatic heterocycles. The van der Waals surface area contributed by atoms with Crippen molar-refractivity contribution in [1.82, 2.24) is 19.9 Å². The predicted molar refractivity (Wildman–Crippen MR) is 201 cm³/mol. The number of hydrogen-bond acceptors (Lipinski definition) is 8. The molecule has 10 rings (SSSR count). The first kappa shape index (κ1) is 29.4. The van der Waals surface area contributed by atoms with E-state index >= 15 is 0 Å². The molecule has 5 aromatic heterocycles. The smallest absolute Gasteiger partial charge is 0.371 e. The van der Waals surface area contributed by atoms with Crippen LogP contribution in [0.3, 0.4) is 0 Å². The number of para-hydroxylation sites is 1. The van der Waals surface area contributed by atoms with Crippen LogP contribution in [0.4, 0.5) is 11.5 Å². The second kappa shape index (κ2) is 11.0. The summed E-state index contributed by atoms with van der Waals surface area (Å²) < 4.78 is 6.34. The molecule has 246 valence electrons. The van der Waals surface area contributed by atoms with E-state index in [-0.39, 0.29) is 11.5 Å². The highest BCUT2D eigenvalue weighted by molar-refractivity contribution is 6.25. The Morgan fingerprint density at radius 2 is 1.27 bits per heavy atom. The molecule has 11 heteroatoms. The van der Waals surface area contributed by atoms with Crippen molar-refractivity contribution in [1.29, 1.82) is 0 Å². The molecule has 1 N–H and O–H groups in total. The van der Waals surface area contributed by atoms with Crippen molar-refractivity contribution >= 4 is 76.8 Å². The van der Waals surface area contributed by atoms with Gasteiger partial charge in [0.25, 0.3) is 5.69 Å². The molecule has 0 saturated carbocycles. The Bertz CT molecular complexity index is 2950. The molecule has 0 fully saturated rings. The van der Waals surface area contributed by atoms with Crippen LogP contribution in [-0.4, -0.2) is 29.8 Å². The van der Waals surface area contributed by atoms with Gasteiger partial charge >= 0.3 is 5.82 Å². The number of fused-ring (bicyclic) bond motifs is 10. The van der Waals surface area contributed by atoms with E-state index in [0.717, 1.165) is 65.3 Å². The second-order valence-electron chi connectivity index (χ2n) is 12.6. The summed E-state index contributed by atoms with van der Waals surface area (Å²) in [7, 11) is 0. The standard InChI is InChI=1S/C41H22N6O5/c48-46(49)36-21-43-14-11-26(36)30-18-34-39(28-12-15-42-20-35(28)45-34)32-16-22(7-9-24(30)32)23-8-10-25-31(27-5-3-13-44-41(27)47(50)51)19-38-40(33(25)17-23)29-4-1-2-6-37(29)52-38/h1-21,45H. The molecule has 11 nitrogen and oxygen atoms in total. The lowest BCUT2D eigenvalue weighted by Gasteiger charge is -2.13. The number of benzene rings is 5. The molecule has 0 saturated heterocycles. The van der Waals surface area contributed by atoms with Gasteiger partial charge in [0, 0.05) is 45.0 Å². The number of hydrogen-bond donors (Lipinski definition) is 1. The van der Waals surface area contributed by atoms with E-state index in [2.05, 4.69) is 32.1 Å². The Balaban J connectivity index is 1.28. The topological polar surface area (TPSA) is 154 Å². The summed E-state index contributed by atoms with van der Waals surface area (Å²) in [5, 5.41) is 31.4. The van der Waals surface area contributed by atoms with Crippen LogP contribution >= 0.6 is 0 Å². The van der Waals surface area contributed by atoms with E-state index < -0.39 is 9.85 Å². The van der Waals surface area contributed by atoms with Gasteiger partial charge in [0.15, 0.2) is 0 Å². The molecule has 0 spiro atoms. The molecule has 0 aliphatic rings. The third-order valence-electron chi connectivity index (χ3n) is 9.84. The maximum atomic E-state index is 12.1. The van der Waals surface area contributed by atoms with Gasteiger partial charge in [0.2, 0.25) is 0 Å². The average Bonchev–Trinajstić information content (AvgIpc) is 3.75. The van der Waals surface area contributed by atoms with E-state index in [1.807, 2.05) is 66.7 Å². The number of nitro groups is 2. The summed E-state index contributed by atoms with van der Waals surface area (Å²) in [5.74, 6) is -0.235. The van der Waals surface area contributed by atoms with Gasteiger partial charge < -0.3 is 19.5 Å². The van der Waals surface area contributed by atoms with Gasteiger partial charge in [-0.1, -0.05) is 42.5 Å². The van der Waals surface area contributed by atoms with E-state index in [1.54, 1.807) is 36.8 Å². The molecule has 5 heterocycles. The lowest BCUT2D eigenvalue weighted by molar-refractivity contribution is -0.388. The molecule has 0 unspecified atom stereocenters. The Hall–Kier alpha value is -7.53. The van der Waals surface area contributed by atoms with Gasteiger partial charge in [-0.25, -0.2) is 0 Å². The molecule has 0 aliphatic carbocycles. The molecular formula is C41H22N6O5. The summed E-state index contributed by atoms with van der Waals surface area (Å²) in [5.41, 5.74) is 6.94. The monoisotopic (exact) mass is 678 g/mol. The van der Waals surface area contributed by atoms with E-state index in [1.165, 1.54) is 12.4 Å². The zero-order valence-electron chi connectivity index (χ0n) is 26.9. The Labute approximate surface area is 292 Å². The molecule has 0 atom stereocenters. The highest BCUT2D eigenvalue weighted by atomic mass is 16.6. The first-order chi connectivity index (χ1) is 25.4. The minimum absolute atomic E-state index is 0.0828. The Kier molecular flexibility index (Phi) is 6.21. The number of furan rings is 1. The zero-order chi connectivity index (χ0) is 35.1. The number of nitrogens with zero attached hydrogens (tertiary/aromatic N) is 5. The van der Waals surface area contributed by atoms with Crippen LogP contribution < -0.4 is 0 Å². The fraction of sp³-hybridized carbons (Fsp3) is 0. The maximum absolute atomic E-state index is 12.1. The van der Waals surface area contributed by atoms with E-state index in [4.69, 9.17) is 4.42 Å². The van der Waals surface area contributed by atoms with E-state index in [0.29, 0.717) is 33.4 Å². The van der Waals surface area contributed by atoms with Crippen molar-refractivity contribution in [2.75, 3.05) is 0 Å². The fourth-order valence-corrected chi connectivity index (χ4v) is 7.63. The van der Waals surface area contributed by atoms with E-state index in [9.17, 15) is 20.2 Å². The quantitative estimate of drug-likeness (QED) is 0.139. The van der Waals surface area contributed by atoms with Crippen molar-refractivity contribution in [3.63, 3.8) is 0 Å². The van der Waals surface area contributed by atoms with Crippen molar-refractivity contribution < 1.29 is 14.3 Å². The zero-order valence-corrected chi connectivity index (χ0v) is 26.9. The van der Waals surface area contributed by atoms with Crippen LogP contribution in [0, 0.1) is 20.2 Å². The van der Waals surface area contributed by atoms with Gasteiger partial charge in [0.05, 0.1) is 27.8 Å². The second-order valence-corrected chi connectivity index (χ2v) is 12.6. The average molecular weight is 679 g/mol. The van der Waals surface area contributed by atoms with Gasteiger partial charge in [0.1, 0.15) is 23.6 Å². The van der Waals surface area contributed by atoms with Crippen LogP contribution in [0.2, 0.25) is 0 Å². The van der Waals surface area contributed by atoms with Crippen molar-refractivity contribution in [3.05, 3.63) is 148 Å². The van der Waals surface area contributed by atoms with Crippen molar-refractivity contribution in [2.45, 2.75) is 0 Å². The number of aromatic amines is 1. The van der Waals surface area contributed by atoms with Gasteiger partial charge in [-0.15, -0.1) is 0 Å². The first-order valence-corrected chi connectivity index (χ1v) is 16.3. The molecule has 0 bridgehead atoms. The molecule has 5 aromatic carbocycles. The van der Waals surface area contributed by atoms with Crippen molar-refractivity contribution in [2.24, 2.45) is 0 Å². The third kappa shape index (κ3) is 4.29. The largest absolute Gasteiger partial charge is 0.456 e. The molecule has 0 radical (unpaired) electrons. The maximum Gasteiger partial charge on any atom is 0.371 e. The Morgan fingerprint density at radius 1 is 0.538 bits per heavy atom. The molecule has 52 heavy (non-hydrogen) atoms. The summed E-state index contributed by atoms with van der Waals surface area (Å²) in [6.45, 7) is 0. The highest BCUT2D eigenvalue weighted by Crippen LogP contribution is 2.45. The molecule has 0 amide bonds. The van der Waals surface area contributed by atoms with Crippen LogP contribution in [0.25, 0.3) is 98.7 Å². The molecule has 10 aromatic rings. The number of aromatic nitrogens is 4. The van der Waals surface area contributed by atoms with Gasteiger partial charge in [-0.2, -0.15) is 0 Å².